The van der Waals surface area contributed by atoms with Gasteiger partial charge in [-0.1, -0.05) is 15.9 Å². The van der Waals surface area contributed by atoms with Crippen molar-refractivity contribution in [2.75, 3.05) is 5.73 Å². The van der Waals surface area contributed by atoms with Gasteiger partial charge in [-0.05, 0) is 12.1 Å². The Kier molecular flexibility index (Phi) is 3.66. The van der Waals surface area contributed by atoms with Crippen molar-refractivity contribution in [3.05, 3.63) is 56.8 Å². The second-order valence-corrected chi connectivity index (χ2v) is 4.64. The molecule has 0 aliphatic heterocycles. The van der Waals surface area contributed by atoms with Crippen LogP contribution in [0.2, 0.25) is 0 Å². The number of hydrogen-bond donors (Lipinski definition) is 1. The van der Waals surface area contributed by atoms with Gasteiger partial charge in [-0.2, -0.15) is 0 Å². The Morgan fingerprint density at radius 3 is 2.47 bits per heavy atom. The van der Waals surface area contributed by atoms with Gasteiger partial charge >= 0.3 is 0 Å². The van der Waals surface area contributed by atoms with Gasteiger partial charge in [0, 0.05) is 28.4 Å². The van der Waals surface area contributed by atoms with E-state index in [0.29, 0.717) is 4.47 Å². The molecule has 0 amide bonds. The maximum absolute atomic E-state index is 13.2. The summed E-state index contributed by atoms with van der Waals surface area (Å²) in [5.41, 5.74) is 5.55. The lowest BCUT2D eigenvalue weighted by Gasteiger charge is -2.07. The number of non-ortho nitro benzene ring substituents is 1. The fraction of sp³-hybridized carbons (Fsp3) is 0. The maximum atomic E-state index is 13.2. The fourth-order valence-electron chi connectivity index (χ4n) is 1.49. The third kappa shape index (κ3) is 3.41. The first kappa shape index (κ1) is 13.3. The maximum Gasteiger partial charge on any atom is 0.275 e. The van der Waals surface area contributed by atoms with Crippen molar-refractivity contribution in [2.24, 2.45) is 0 Å². The van der Waals surface area contributed by atoms with Gasteiger partial charge in [0.2, 0.25) is 0 Å². The van der Waals surface area contributed by atoms with E-state index < -0.39 is 10.7 Å². The Hall–Kier alpha value is -2.15. The number of rotatable bonds is 3. The number of nitrogen functional groups attached to an aromatic ring is 1. The SMILES string of the molecule is Nc1cc(Oc2cc(F)cc(Br)c2)cc([N+](=O)[O-])c1. The summed E-state index contributed by atoms with van der Waals surface area (Å²) in [6.45, 7) is 0. The standard InChI is InChI=1S/C12H8BrFN2O3/c13-7-1-8(14)3-11(2-7)19-12-5-9(15)4-10(6-12)16(17)18/h1-6H,15H2. The van der Waals surface area contributed by atoms with E-state index in [1.54, 1.807) is 0 Å². The highest BCUT2D eigenvalue weighted by Crippen LogP contribution is 2.30. The Bertz CT molecular complexity index is 629. The van der Waals surface area contributed by atoms with Crippen molar-refractivity contribution < 1.29 is 14.1 Å². The van der Waals surface area contributed by atoms with Crippen molar-refractivity contribution in [3.63, 3.8) is 0 Å². The Labute approximate surface area is 116 Å². The molecule has 5 nitrogen and oxygen atoms in total. The molecule has 0 atom stereocenters. The van der Waals surface area contributed by atoms with E-state index in [4.69, 9.17) is 10.5 Å². The van der Waals surface area contributed by atoms with E-state index in [1.165, 1.54) is 36.4 Å². The molecule has 2 N–H and O–H groups in total. The number of nitrogens with two attached hydrogens (primary N) is 1. The molecule has 0 aromatic heterocycles. The predicted octanol–water partition coefficient (Wildman–Crippen LogP) is 3.87. The summed E-state index contributed by atoms with van der Waals surface area (Å²) < 4.78 is 19.0. The smallest absolute Gasteiger partial charge is 0.275 e. The number of anilines is 1. The zero-order chi connectivity index (χ0) is 14.0. The first-order valence-electron chi connectivity index (χ1n) is 5.13. The van der Waals surface area contributed by atoms with Crippen LogP contribution in [0.5, 0.6) is 11.5 Å². The second kappa shape index (κ2) is 5.23. The molecule has 0 bridgehead atoms. The van der Waals surface area contributed by atoms with E-state index in [0.717, 1.165) is 0 Å². The number of halogens is 2. The normalized spacial score (nSPS) is 10.2. The van der Waals surface area contributed by atoms with Crippen LogP contribution in [0.1, 0.15) is 0 Å². The molecular weight excluding hydrogens is 319 g/mol. The highest BCUT2D eigenvalue weighted by Gasteiger charge is 2.10. The van der Waals surface area contributed by atoms with Crippen LogP contribution in [0, 0.1) is 15.9 Å². The minimum absolute atomic E-state index is 0.171. The first-order chi connectivity index (χ1) is 8.94. The van der Waals surface area contributed by atoms with E-state index in [1.807, 2.05) is 0 Å². The molecule has 2 rings (SSSR count). The molecule has 0 aliphatic carbocycles. The van der Waals surface area contributed by atoms with Crippen LogP contribution < -0.4 is 10.5 Å². The van der Waals surface area contributed by atoms with Crippen LogP contribution in [0.3, 0.4) is 0 Å². The van der Waals surface area contributed by atoms with Crippen LogP contribution in [0.25, 0.3) is 0 Å². The summed E-state index contributed by atoms with van der Waals surface area (Å²) in [5, 5.41) is 10.7. The average Bonchev–Trinajstić information content (AvgIpc) is 2.26. The topological polar surface area (TPSA) is 78.4 Å². The lowest BCUT2D eigenvalue weighted by atomic mass is 10.2. The fourth-order valence-corrected chi connectivity index (χ4v) is 1.94. The van der Waals surface area contributed by atoms with Crippen LogP contribution >= 0.6 is 15.9 Å². The number of benzene rings is 2. The number of hydrogen-bond acceptors (Lipinski definition) is 4. The van der Waals surface area contributed by atoms with Crippen LogP contribution in [0.4, 0.5) is 15.8 Å². The third-order valence-corrected chi connectivity index (χ3v) is 2.65. The van der Waals surface area contributed by atoms with Gasteiger partial charge in [-0.25, -0.2) is 4.39 Å². The molecule has 0 spiro atoms. The molecule has 0 fully saturated rings. The number of nitrogens with zero attached hydrogens (tertiary/aromatic N) is 1. The van der Waals surface area contributed by atoms with Gasteiger partial charge in [-0.3, -0.25) is 10.1 Å². The number of nitro benzene ring substituents is 1. The number of ether oxygens (including phenoxy) is 1. The lowest BCUT2D eigenvalue weighted by molar-refractivity contribution is -0.384. The van der Waals surface area contributed by atoms with Gasteiger partial charge in [0.05, 0.1) is 11.0 Å². The molecule has 0 saturated heterocycles. The van der Waals surface area contributed by atoms with E-state index in [-0.39, 0.29) is 22.9 Å². The minimum Gasteiger partial charge on any atom is -0.457 e. The molecule has 98 valence electrons. The van der Waals surface area contributed by atoms with Crippen LogP contribution in [-0.2, 0) is 0 Å². The zero-order valence-electron chi connectivity index (χ0n) is 9.47. The van der Waals surface area contributed by atoms with Crippen molar-refractivity contribution in [3.8, 4) is 11.5 Å². The second-order valence-electron chi connectivity index (χ2n) is 3.72. The molecule has 0 radical (unpaired) electrons. The van der Waals surface area contributed by atoms with Crippen LogP contribution in [-0.4, -0.2) is 4.92 Å². The van der Waals surface area contributed by atoms with Gasteiger partial charge in [0.25, 0.3) is 5.69 Å². The molecule has 0 saturated carbocycles. The van der Waals surface area contributed by atoms with E-state index in [2.05, 4.69) is 15.9 Å². The summed E-state index contributed by atoms with van der Waals surface area (Å²) in [6, 6.07) is 7.84. The molecular formula is C12H8BrFN2O3. The molecule has 0 heterocycles. The summed E-state index contributed by atoms with van der Waals surface area (Å²) in [6.07, 6.45) is 0. The average molecular weight is 327 g/mol. The van der Waals surface area contributed by atoms with Gasteiger partial charge < -0.3 is 10.5 Å². The Balaban J connectivity index is 2.35. The predicted molar refractivity (Wildman–Crippen MR) is 71.7 cm³/mol. The van der Waals surface area contributed by atoms with Crippen LogP contribution in [0.15, 0.2) is 40.9 Å². The Morgan fingerprint density at radius 1 is 1.16 bits per heavy atom. The van der Waals surface area contributed by atoms with Gasteiger partial charge in [-0.15, -0.1) is 0 Å². The third-order valence-electron chi connectivity index (χ3n) is 2.20. The summed E-state index contributed by atoms with van der Waals surface area (Å²) in [4.78, 5) is 10.1. The van der Waals surface area contributed by atoms with Crippen molar-refractivity contribution in [1.29, 1.82) is 0 Å². The molecule has 0 unspecified atom stereocenters. The first-order valence-corrected chi connectivity index (χ1v) is 5.92. The summed E-state index contributed by atoms with van der Waals surface area (Å²) >= 11 is 3.13. The summed E-state index contributed by atoms with van der Waals surface area (Å²) in [5.74, 6) is -0.0984. The van der Waals surface area contributed by atoms with Crippen molar-refractivity contribution in [1.82, 2.24) is 0 Å². The number of nitro groups is 1. The highest BCUT2D eigenvalue weighted by molar-refractivity contribution is 9.10. The van der Waals surface area contributed by atoms with Crippen molar-refractivity contribution in [2.45, 2.75) is 0 Å². The van der Waals surface area contributed by atoms with E-state index in [9.17, 15) is 14.5 Å². The quantitative estimate of drug-likeness (QED) is 0.527. The monoisotopic (exact) mass is 326 g/mol. The molecule has 2 aromatic carbocycles. The molecule has 7 heteroatoms. The highest BCUT2D eigenvalue weighted by atomic mass is 79.9. The van der Waals surface area contributed by atoms with Gasteiger partial charge in [0.15, 0.2) is 0 Å². The van der Waals surface area contributed by atoms with E-state index >= 15 is 0 Å². The molecule has 19 heavy (non-hydrogen) atoms. The lowest BCUT2D eigenvalue weighted by Crippen LogP contribution is -1.93. The minimum atomic E-state index is -0.579. The van der Waals surface area contributed by atoms with Crippen molar-refractivity contribution >= 4 is 27.3 Å². The molecule has 0 aliphatic rings. The largest absolute Gasteiger partial charge is 0.457 e. The summed E-state index contributed by atoms with van der Waals surface area (Å²) in [7, 11) is 0. The molecule has 2 aromatic rings. The zero-order valence-corrected chi connectivity index (χ0v) is 11.1. The Morgan fingerprint density at radius 2 is 1.84 bits per heavy atom. The van der Waals surface area contributed by atoms with Gasteiger partial charge in [0.1, 0.15) is 17.3 Å².